The highest BCUT2D eigenvalue weighted by Gasteiger charge is 2.13. The van der Waals surface area contributed by atoms with Gasteiger partial charge in [0.2, 0.25) is 5.95 Å². The average Bonchev–Trinajstić information content (AvgIpc) is 2.58. The summed E-state index contributed by atoms with van der Waals surface area (Å²) in [6, 6.07) is 10.8. The molecule has 0 saturated heterocycles. The van der Waals surface area contributed by atoms with Crippen molar-refractivity contribution in [2.45, 2.75) is 19.9 Å². The number of nitrogens with zero attached hydrogens (tertiary/aromatic N) is 3. The predicted molar refractivity (Wildman–Crippen MR) is 93.7 cm³/mol. The van der Waals surface area contributed by atoms with Crippen molar-refractivity contribution in [1.29, 1.82) is 0 Å². The fraction of sp³-hybridized carbons (Fsp3) is 0.167. The molecule has 2 N–H and O–H groups in total. The second-order valence-electron chi connectivity index (χ2n) is 5.70. The minimum Gasteiger partial charge on any atom is -0.352 e. The SMILES string of the molecule is CC(C)Nc1nc(Nc2c(F)cccc2F)cc(-c2ccccn2)n1. The van der Waals surface area contributed by atoms with Crippen LogP contribution in [0.1, 0.15) is 13.8 Å². The quantitative estimate of drug-likeness (QED) is 0.721. The molecule has 0 bridgehead atoms. The van der Waals surface area contributed by atoms with E-state index in [1.165, 1.54) is 18.2 Å². The van der Waals surface area contributed by atoms with Crippen LogP contribution in [0.15, 0.2) is 48.7 Å². The second-order valence-corrected chi connectivity index (χ2v) is 5.70. The van der Waals surface area contributed by atoms with Crippen LogP contribution in [0.4, 0.5) is 26.2 Å². The fourth-order valence-electron chi connectivity index (χ4n) is 2.22. The number of halogens is 2. The zero-order valence-electron chi connectivity index (χ0n) is 13.8. The number of aromatic nitrogens is 3. The van der Waals surface area contributed by atoms with E-state index in [-0.39, 0.29) is 17.5 Å². The Balaban J connectivity index is 2.03. The van der Waals surface area contributed by atoms with Gasteiger partial charge in [-0.2, -0.15) is 4.98 Å². The van der Waals surface area contributed by atoms with Crippen molar-refractivity contribution in [3.8, 4) is 11.4 Å². The van der Waals surface area contributed by atoms with E-state index in [1.54, 1.807) is 24.4 Å². The smallest absolute Gasteiger partial charge is 0.225 e. The van der Waals surface area contributed by atoms with Gasteiger partial charge in [0.25, 0.3) is 0 Å². The normalized spacial score (nSPS) is 10.8. The van der Waals surface area contributed by atoms with Gasteiger partial charge in [0.1, 0.15) is 23.1 Å². The zero-order valence-corrected chi connectivity index (χ0v) is 13.8. The molecule has 0 unspecified atom stereocenters. The number of pyridine rings is 1. The lowest BCUT2D eigenvalue weighted by molar-refractivity contribution is 0.590. The van der Waals surface area contributed by atoms with Crippen LogP contribution in [0.2, 0.25) is 0 Å². The Morgan fingerprint density at radius 3 is 2.32 bits per heavy atom. The first-order chi connectivity index (χ1) is 12.0. The maximum absolute atomic E-state index is 13.9. The molecule has 0 amide bonds. The van der Waals surface area contributed by atoms with Gasteiger partial charge in [-0.05, 0) is 38.1 Å². The summed E-state index contributed by atoms with van der Waals surface area (Å²) in [4.78, 5) is 13.0. The monoisotopic (exact) mass is 341 g/mol. The van der Waals surface area contributed by atoms with Crippen LogP contribution in [-0.4, -0.2) is 21.0 Å². The lowest BCUT2D eigenvalue weighted by Gasteiger charge is -2.13. The van der Waals surface area contributed by atoms with E-state index < -0.39 is 11.6 Å². The molecule has 0 aliphatic heterocycles. The maximum atomic E-state index is 13.9. The molecular weight excluding hydrogens is 324 g/mol. The number of hydrogen-bond donors (Lipinski definition) is 2. The summed E-state index contributed by atoms with van der Waals surface area (Å²) >= 11 is 0. The topological polar surface area (TPSA) is 62.7 Å². The van der Waals surface area contributed by atoms with Gasteiger partial charge in [-0.25, -0.2) is 13.8 Å². The average molecular weight is 341 g/mol. The van der Waals surface area contributed by atoms with Crippen LogP contribution in [-0.2, 0) is 0 Å². The van der Waals surface area contributed by atoms with E-state index in [4.69, 9.17) is 0 Å². The number of nitrogens with one attached hydrogen (secondary N) is 2. The summed E-state index contributed by atoms with van der Waals surface area (Å²) in [5.74, 6) is -0.784. The van der Waals surface area contributed by atoms with Gasteiger partial charge in [-0.15, -0.1) is 0 Å². The molecule has 3 rings (SSSR count). The molecule has 0 atom stereocenters. The Morgan fingerprint density at radius 2 is 1.68 bits per heavy atom. The Morgan fingerprint density at radius 1 is 0.920 bits per heavy atom. The minimum absolute atomic E-state index is 0.0945. The van der Waals surface area contributed by atoms with Gasteiger partial charge in [0.05, 0.1) is 11.4 Å². The molecule has 0 aliphatic carbocycles. The first-order valence-corrected chi connectivity index (χ1v) is 7.81. The first kappa shape index (κ1) is 16.8. The van der Waals surface area contributed by atoms with E-state index in [9.17, 15) is 8.78 Å². The molecule has 0 spiro atoms. The number of para-hydroxylation sites is 1. The summed E-state index contributed by atoms with van der Waals surface area (Å²) in [5, 5.41) is 5.79. The summed E-state index contributed by atoms with van der Waals surface area (Å²) in [6.45, 7) is 3.89. The maximum Gasteiger partial charge on any atom is 0.225 e. The van der Waals surface area contributed by atoms with E-state index in [0.29, 0.717) is 17.3 Å². The molecule has 7 heteroatoms. The molecule has 0 aliphatic rings. The Kier molecular flexibility index (Phi) is 4.83. The summed E-state index contributed by atoms with van der Waals surface area (Å²) in [6.07, 6.45) is 1.65. The Labute approximate surface area is 144 Å². The molecule has 0 fully saturated rings. The van der Waals surface area contributed by atoms with Crippen molar-refractivity contribution in [3.05, 3.63) is 60.3 Å². The molecule has 2 aromatic heterocycles. The van der Waals surface area contributed by atoms with Crippen LogP contribution in [0.25, 0.3) is 11.4 Å². The van der Waals surface area contributed by atoms with E-state index in [1.807, 2.05) is 19.9 Å². The highest BCUT2D eigenvalue weighted by Crippen LogP contribution is 2.25. The Bertz CT molecular complexity index is 848. The van der Waals surface area contributed by atoms with Gasteiger partial charge in [0, 0.05) is 18.3 Å². The largest absolute Gasteiger partial charge is 0.352 e. The number of rotatable bonds is 5. The van der Waals surface area contributed by atoms with Gasteiger partial charge in [0.15, 0.2) is 0 Å². The van der Waals surface area contributed by atoms with Crippen molar-refractivity contribution in [2.75, 3.05) is 10.6 Å². The third-order valence-corrected chi connectivity index (χ3v) is 3.29. The third kappa shape index (κ3) is 4.06. The second kappa shape index (κ2) is 7.21. The van der Waals surface area contributed by atoms with Crippen molar-refractivity contribution in [3.63, 3.8) is 0 Å². The third-order valence-electron chi connectivity index (χ3n) is 3.29. The molecule has 2 heterocycles. The zero-order chi connectivity index (χ0) is 17.8. The molecule has 25 heavy (non-hydrogen) atoms. The molecule has 3 aromatic rings. The van der Waals surface area contributed by atoms with Gasteiger partial charge in [-0.1, -0.05) is 12.1 Å². The number of hydrogen-bond acceptors (Lipinski definition) is 5. The van der Waals surface area contributed by atoms with Gasteiger partial charge in [-0.3, -0.25) is 4.98 Å². The van der Waals surface area contributed by atoms with E-state index >= 15 is 0 Å². The van der Waals surface area contributed by atoms with Gasteiger partial charge >= 0.3 is 0 Å². The van der Waals surface area contributed by atoms with Crippen LogP contribution < -0.4 is 10.6 Å². The summed E-state index contributed by atoms with van der Waals surface area (Å²) < 4.78 is 27.8. The minimum atomic E-state index is -0.698. The van der Waals surface area contributed by atoms with Crippen molar-refractivity contribution in [2.24, 2.45) is 0 Å². The molecular formula is C18H17F2N5. The first-order valence-electron chi connectivity index (χ1n) is 7.81. The molecule has 5 nitrogen and oxygen atoms in total. The molecule has 1 aromatic carbocycles. The molecule has 128 valence electrons. The lowest BCUT2D eigenvalue weighted by Crippen LogP contribution is -2.14. The summed E-state index contributed by atoms with van der Waals surface area (Å²) in [5.41, 5.74) is 0.912. The van der Waals surface area contributed by atoms with Crippen LogP contribution >= 0.6 is 0 Å². The van der Waals surface area contributed by atoms with Crippen molar-refractivity contribution in [1.82, 2.24) is 15.0 Å². The highest BCUT2D eigenvalue weighted by molar-refractivity contribution is 5.65. The fourth-order valence-corrected chi connectivity index (χ4v) is 2.22. The van der Waals surface area contributed by atoms with Crippen LogP contribution in [0, 0.1) is 11.6 Å². The summed E-state index contributed by atoms with van der Waals surface area (Å²) in [7, 11) is 0. The predicted octanol–water partition coefficient (Wildman–Crippen LogP) is 4.38. The standard InChI is InChI=1S/C18H17F2N5/c1-11(2)22-18-23-15(14-8-3-4-9-21-14)10-16(25-18)24-17-12(19)6-5-7-13(17)20/h3-11H,1-2H3,(H2,22,23,24,25). The Hall–Kier alpha value is -3.09. The number of benzene rings is 1. The van der Waals surface area contributed by atoms with Gasteiger partial charge < -0.3 is 10.6 Å². The molecule has 0 radical (unpaired) electrons. The van der Waals surface area contributed by atoms with E-state index in [0.717, 1.165) is 0 Å². The molecule has 0 saturated carbocycles. The van der Waals surface area contributed by atoms with Crippen LogP contribution in [0.3, 0.4) is 0 Å². The van der Waals surface area contributed by atoms with Crippen molar-refractivity contribution < 1.29 is 8.78 Å². The number of anilines is 3. The highest BCUT2D eigenvalue weighted by atomic mass is 19.1. The van der Waals surface area contributed by atoms with Crippen molar-refractivity contribution >= 4 is 17.5 Å². The van der Waals surface area contributed by atoms with Crippen LogP contribution in [0.5, 0.6) is 0 Å². The lowest BCUT2D eigenvalue weighted by atomic mass is 10.2. The van der Waals surface area contributed by atoms with E-state index in [2.05, 4.69) is 25.6 Å².